The van der Waals surface area contributed by atoms with Crippen molar-refractivity contribution in [3.63, 3.8) is 0 Å². The summed E-state index contributed by atoms with van der Waals surface area (Å²) in [5.74, 6) is 0.152. The number of benzene rings is 1. The minimum atomic E-state index is 0.000153. The lowest BCUT2D eigenvalue weighted by molar-refractivity contribution is -0.130. The Hall–Kier alpha value is -2.47. The number of amides is 2. The molecule has 2 atom stereocenters. The van der Waals surface area contributed by atoms with Crippen molar-refractivity contribution in [3.05, 3.63) is 36.5 Å². The molecule has 1 aromatic heterocycles. The van der Waals surface area contributed by atoms with Gasteiger partial charge in [-0.15, -0.1) is 0 Å². The first kappa shape index (κ1) is 17.9. The first-order valence-corrected chi connectivity index (χ1v) is 9.78. The fourth-order valence-electron chi connectivity index (χ4n) is 4.57. The van der Waals surface area contributed by atoms with E-state index in [1.165, 1.54) is 0 Å². The number of hydrogen-bond acceptors (Lipinski definition) is 4. The Morgan fingerprint density at radius 1 is 1.15 bits per heavy atom. The highest BCUT2D eigenvalue weighted by Crippen LogP contribution is 2.30. The summed E-state index contributed by atoms with van der Waals surface area (Å²) in [6.45, 7) is 3.75. The third-order valence-corrected chi connectivity index (χ3v) is 5.81. The molecule has 142 valence electrons. The Kier molecular flexibility index (Phi) is 5.07. The van der Waals surface area contributed by atoms with E-state index in [1.807, 2.05) is 35.2 Å². The van der Waals surface area contributed by atoms with Gasteiger partial charge in [0.15, 0.2) is 0 Å². The minimum absolute atomic E-state index is 0.000153. The molecular formula is C21H26N4O2. The van der Waals surface area contributed by atoms with Gasteiger partial charge in [0.1, 0.15) is 0 Å². The number of fused-ring (bicyclic) bond motifs is 2. The van der Waals surface area contributed by atoms with Crippen molar-refractivity contribution in [1.29, 1.82) is 0 Å². The summed E-state index contributed by atoms with van der Waals surface area (Å²) in [7, 11) is 0. The highest BCUT2D eigenvalue weighted by molar-refractivity contribution is 5.94. The fraction of sp³-hybridized carbons (Fsp3) is 0.476. The van der Waals surface area contributed by atoms with E-state index in [9.17, 15) is 9.59 Å². The van der Waals surface area contributed by atoms with Crippen LogP contribution in [-0.2, 0) is 9.59 Å². The maximum atomic E-state index is 12.7. The molecule has 0 spiro atoms. The second-order valence-corrected chi connectivity index (χ2v) is 7.56. The SMILES string of the molecule is CC(=O)N1CC[C@@H]2[C@H]1CCCCN2CC(=O)Nc1ccc2ncccc2c1. The van der Waals surface area contributed by atoms with Gasteiger partial charge in [-0.25, -0.2) is 0 Å². The zero-order chi connectivity index (χ0) is 18.8. The van der Waals surface area contributed by atoms with Crippen LogP contribution in [0.15, 0.2) is 36.5 Å². The van der Waals surface area contributed by atoms with Crippen LogP contribution in [0.1, 0.15) is 32.6 Å². The van der Waals surface area contributed by atoms with Crippen molar-refractivity contribution in [1.82, 2.24) is 14.8 Å². The number of hydrogen-bond donors (Lipinski definition) is 1. The Bertz CT molecular complexity index is 853. The maximum Gasteiger partial charge on any atom is 0.238 e. The van der Waals surface area contributed by atoms with Crippen molar-refractivity contribution in [2.24, 2.45) is 0 Å². The molecule has 1 aromatic carbocycles. The summed E-state index contributed by atoms with van der Waals surface area (Å²) >= 11 is 0. The molecule has 2 fully saturated rings. The van der Waals surface area contributed by atoms with Crippen molar-refractivity contribution in [3.8, 4) is 0 Å². The van der Waals surface area contributed by atoms with Crippen molar-refractivity contribution < 1.29 is 9.59 Å². The predicted octanol–water partition coefficient (Wildman–Crippen LogP) is 2.65. The number of rotatable bonds is 3. The van der Waals surface area contributed by atoms with Crippen molar-refractivity contribution in [2.45, 2.75) is 44.7 Å². The molecule has 0 radical (unpaired) electrons. The maximum absolute atomic E-state index is 12.7. The summed E-state index contributed by atoms with van der Waals surface area (Å²) in [6, 6.07) is 10.2. The normalized spacial score (nSPS) is 23.1. The van der Waals surface area contributed by atoms with Gasteiger partial charge in [-0.3, -0.25) is 19.5 Å². The lowest BCUT2D eigenvalue weighted by Gasteiger charge is -2.32. The van der Waals surface area contributed by atoms with Crippen LogP contribution in [0.25, 0.3) is 10.9 Å². The van der Waals surface area contributed by atoms with Crippen LogP contribution in [0.5, 0.6) is 0 Å². The largest absolute Gasteiger partial charge is 0.338 e. The van der Waals surface area contributed by atoms with Gasteiger partial charge in [0.25, 0.3) is 0 Å². The summed E-state index contributed by atoms with van der Waals surface area (Å²) in [5, 5.41) is 4.04. The monoisotopic (exact) mass is 366 g/mol. The number of likely N-dealkylation sites (tertiary alicyclic amines) is 2. The molecule has 6 nitrogen and oxygen atoms in total. The van der Waals surface area contributed by atoms with Gasteiger partial charge in [-0.05, 0) is 50.1 Å². The van der Waals surface area contributed by atoms with Crippen LogP contribution in [-0.4, -0.2) is 58.3 Å². The number of aromatic nitrogens is 1. The van der Waals surface area contributed by atoms with Gasteiger partial charge in [-0.1, -0.05) is 12.5 Å². The zero-order valence-electron chi connectivity index (χ0n) is 15.7. The van der Waals surface area contributed by atoms with E-state index in [-0.39, 0.29) is 17.9 Å². The molecule has 0 unspecified atom stereocenters. The topological polar surface area (TPSA) is 65.5 Å². The van der Waals surface area contributed by atoms with E-state index < -0.39 is 0 Å². The third-order valence-electron chi connectivity index (χ3n) is 5.81. The molecule has 4 rings (SSSR count). The molecule has 2 aliphatic rings. The second-order valence-electron chi connectivity index (χ2n) is 7.56. The van der Waals surface area contributed by atoms with Gasteiger partial charge >= 0.3 is 0 Å². The van der Waals surface area contributed by atoms with E-state index in [0.717, 1.165) is 55.4 Å². The van der Waals surface area contributed by atoms with E-state index in [0.29, 0.717) is 12.6 Å². The average molecular weight is 366 g/mol. The van der Waals surface area contributed by atoms with Crippen LogP contribution in [0.3, 0.4) is 0 Å². The number of carbonyl (C=O) groups is 2. The molecular weight excluding hydrogens is 340 g/mol. The molecule has 3 heterocycles. The minimum Gasteiger partial charge on any atom is -0.338 e. The van der Waals surface area contributed by atoms with Crippen LogP contribution >= 0.6 is 0 Å². The average Bonchev–Trinajstić information content (AvgIpc) is 2.99. The Labute approximate surface area is 159 Å². The number of nitrogens with one attached hydrogen (secondary N) is 1. The lowest BCUT2D eigenvalue weighted by Crippen LogP contribution is -2.47. The lowest BCUT2D eigenvalue weighted by atomic mass is 10.0. The number of nitrogens with zero attached hydrogens (tertiary/aromatic N) is 3. The molecule has 2 amide bonds. The molecule has 0 saturated carbocycles. The molecule has 2 aromatic rings. The Morgan fingerprint density at radius 2 is 2.04 bits per heavy atom. The molecule has 0 aliphatic carbocycles. The van der Waals surface area contributed by atoms with Gasteiger partial charge in [0.2, 0.25) is 11.8 Å². The molecule has 27 heavy (non-hydrogen) atoms. The van der Waals surface area contributed by atoms with E-state index in [1.54, 1.807) is 13.1 Å². The highest BCUT2D eigenvalue weighted by Gasteiger charge is 2.40. The summed E-state index contributed by atoms with van der Waals surface area (Å²) in [6.07, 6.45) is 5.95. The number of anilines is 1. The summed E-state index contributed by atoms with van der Waals surface area (Å²) in [4.78, 5) is 33.2. The van der Waals surface area contributed by atoms with Crippen LogP contribution in [0.2, 0.25) is 0 Å². The van der Waals surface area contributed by atoms with Crippen LogP contribution in [0, 0.1) is 0 Å². The molecule has 6 heteroatoms. The quantitative estimate of drug-likeness (QED) is 0.907. The van der Waals surface area contributed by atoms with Crippen LogP contribution in [0.4, 0.5) is 5.69 Å². The molecule has 2 saturated heterocycles. The molecule has 1 N–H and O–H groups in total. The molecule has 2 aliphatic heterocycles. The van der Waals surface area contributed by atoms with Gasteiger partial charge in [0.05, 0.1) is 12.1 Å². The van der Waals surface area contributed by atoms with Gasteiger partial charge in [0, 0.05) is 42.8 Å². The van der Waals surface area contributed by atoms with E-state index in [4.69, 9.17) is 0 Å². The predicted molar refractivity (Wildman–Crippen MR) is 105 cm³/mol. The van der Waals surface area contributed by atoms with E-state index >= 15 is 0 Å². The number of pyridine rings is 1. The zero-order valence-corrected chi connectivity index (χ0v) is 15.7. The van der Waals surface area contributed by atoms with Crippen molar-refractivity contribution >= 4 is 28.4 Å². The third kappa shape index (κ3) is 3.81. The van der Waals surface area contributed by atoms with Gasteiger partial charge < -0.3 is 10.2 Å². The smallest absolute Gasteiger partial charge is 0.238 e. The molecule has 0 bridgehead atoms. The Balaban J connectivity index is 1.44. The van der Waals surface area contributed by atoms with Crippen LogP contribution < -0.4 is 5.32 Å². The first-order chi connectivity index (χ1) is 13.1. The Morgan fingerprint density at radius 3 is 2.89 bits per heavy atom. The standard InChI is InChI=1S/C21H26N4O2/c1-15(26)25-12-9-19-20(25)6-2-3-11-24(19)14-21(27)23-17-7-8-18-16(13-17)5-4-10-22-18/h4-5,7-8,10,13,19-20H,2-3,6,9,11-12,14H2,1H3,(H,23,27)/t19-,20-/m1/s1. The van der Waals surface area contributed by atoms with Gasteiger partial charge in [-0.2, -0.15) is 0 Å². The van der Waals surface area contributed by atoms with Crippen molar-refractivity contribution in [2.75, 3.05) is 25.0 Å². The second kappa shape index (κ2) is 7.64. The van der Waals surface area contributed by atoms with E-state index in [2.05, 4.69) is 15.2 Å². The number of carbonyl (C=O) groups excluding carboxylic acids is 2. The highest BCUT2D eigenvalue weighted by atomic mass is 16.2. The first-order valence-electron chi connectivity index (χ1n) is 9.78. The summed E-state index contributed by atoms with van der Waals surface area (Å²) < 4.78 is 0. The fourth-order valence-corrected chi connectivity index (χ4v) is 4.57. The summed E-state index contributed by atoms with van der Waals surface area (Å²) in [5.41, 5.74) is 1.71.